The minimum atomic E-state index is 0.217. The Hall–Kier alpha value is -1.88. The van der Waals surface area contributed by atoms with Gasteiger partial charge in [0.2, 0.25) is 0 Å². The maximum atomic E-state index is 4.66. The van der Waals surface area contributed by atoms with Crippen molar-refractivity contribution in [2.24, 2.45) is 4.99 Å². The molecule has 0 saturated heterocycles. The zero-order chi connectivity index (χ0) is 16.7. The number of guanidine groups is 1. The third-order valence-corrected chi connectivity index (χ3v) is 4.81. The summed E-state index contributed by atoms with van der Waals surface area (Å²) >= 11 is 1.75. The van der Waals surface area contributed by atoms with E-state index in [1.165, 1.54) is 10.6 Å². The van der Waals surface area contributed by atoms with Gasteiger partial charge >= 0.3 is 0 Å². The van der Waals surface area contributed by atoms with Crippen LogP contribution in [0.15, 0.2) is 40.7 Å². The maximum Gasteiger partial charge on any atom is 0.191 e. The molecule has 4 nitrogen and oxygen atoms in total. The molecule has 2 aromatic rings. The number of nitrogens with zero attached hydrogens (tertiary/aromatic N) is 2. The van der Waals surface area contributed by atoms with Crippen molar-refractivity contribution < 1.29 is 0 Å². The molecule has 0 spiro atoms. The maximum absolute atomic E-state index is 4.66. The Labute approximate surface area is 143 Å². The molecule has 2 rings (SSSR count). The van der Waals surface area contributed by atoms with Crippen molar-refractivity contribution in [3.63, 3.8) is 0 Å². The van der Waals surface area contributed by atoms with E-state index < -0.39 is 0 Å². The predicted molar refractivity (Wildman–Crippen MR) is 99.3 cm³/mol. The SMILES string of the molecule is CN=C(NCCc1csc(C(C)C)n1)NC(C)c1ccccc1. The molecular weight excluding hydrogens is 304 g/mol. The summed E-state index contributed by atoms with van der Waals surface area (Å²) in [5.74, 6) is 1.32. The number of benzene rings is 1. The lowest BCUT2D eigenvalue weighted by Crippen LogP contribution is -2.39. The number of hydrogen-bond donors (Lipinski definition) is 2. The summed E-state index contributed by atoms with van der Waals surface area (Å²) in [7, 11) is 1.80. The quantitative estimate of drug-likeness (QED) is 0.627. The molecule has 1 aromatic carbocycles. The molecule has 0 bridgehead atoms. The average molecular weight is 331 g/mol. The van der Waals surface area contributed by atoms with Crippen LogP contribution in [0.2, 0.25) is 0 Å². The van der Waals surface area contributed by atoms with Gasteiger partial charge in [-0.2, -0.15) is 0 Å². The zero-order valence-electron chi connectivity index (χ0n) is 14.3. The van der Waals surface area contributed by atoms with Gasteiger partial charge in [-0.3, -0.25) is 4.99 Å². The lowest BCUT2D eigenvalue weighted by molar-refractivity contribution is 0.683. The molecule has 0 radical (unpaired) electrons. The van der Waals surface area contributed by atoms with Crippen molar-refractivity contribution in [3.8, 4) is 0 Å². The average Bonchev–Trinajstić information content (AvgIpc) is 3.03. The Morgan fingerprint density at radius 1 is 1.22 bits per heavy atom. The van der Waals surface area contributed by atoms with Gasteiger partial charge in [-0.05, 0) is 12.5 Å². The number of nitrogens with one attached hydrogen (secondary N) is 2. The van der Waals surface area contributed by atoms with Crippen LogP contribution in [0.25, 0.3) is 0 Å². The van der Waals surface area contributed by atoms with E-state index in [0.717, 1.165) is 24.6 Å². The van der Waals surface area contributed by atoms with E-state index in [4.69, 9.17) is 0 Å². The second-order valence-corrected chi connectivity index (χ2v) is 6.75. The van der Waals surface area contributed by atoms with Crippen LogP contribution in [0.3, 0.4) is 0 Å². The number of thiazole rings is 1. The smallest absolute Gasteiger partial charge is 0.191 e. The molecule has 1 heterocycles. The number of aliphatic imine (C=N–C) groups is 1. The third-order valence-electron chi connectivity index (χ3n) is 3.61. The summed E-state index contributed by atoms with van der Waals surface area (Å²) in [4.78, 5) is 8.95. The highest BCUT2D eigenvalue weighted by Crippen LogP contribution is 2.19. The molecular formula is C18H26N4S. The Morgan fingerprint density at radius 3 is 2.57 bits per heavy atom. The van der Waals surface area contributed by atoms with E-state index in [9.17, 15) is 0 Å². The van der Waals surface area contributed by atoms with Crippen LogP contribution in [-0.2, 0) is 6.42 Å². The summed E-state index contributed by atoms with van der Waals surface area (Å²) in [5, 5.41) is 10.1. The lowest BCUT2D eigenvalue weighted by atomic mass is 10.1. The van der Waals surface area contributed by atoms with Gasteiger partial charge in [0.25, 0.3) is 0 Å². The lowest BCUT2D eigenvalue weighted by Gasteiger charge is -2.18. The molecule has 0 aliphatic carbocycles. The zero-order valence-corrected chi connectivity index (χ0v) is 15.2. The van der Waals surface area contributed by atoms with E-state index in [-0.39, 0.29) is 6.04 Å². The van der Waals surface area contributed by atoms with E-state index in [0.29, 0.717) is 5.92 Å². The second-order valence-electron chi connectivity index (χ2n) is 5.86. The first-order chi connectivity index (χ1) is 11.1. The Morgan fingerprint density at radius 2 is 1.96 bits per heavy atom. The molecule has 0 saturated carbocycles. The van der Waals surface area contributed by atoms with Crippen molar-refractivity contribution in [3.05, 3.63) is 52.0 Å². The third kappa shape index (κ3) is 5.36. The molecule has 0 aliphatic heterocycles. The van der Waals surface area contributed by atoms with Gasteiger partial charge in [-0.15, -0.1) is 11.3 Å². The van der Waals surface area contributed by atoms with Gasteiger partial charge in [-0.25, -0.2) is 4.98 Å². The molecule has 124 valence electrons. The Balaban J connectivity index is 1.81. The monoisotopic (exact) mass is 330 g/mol. The fourth-order valence-electron chi connectivity index (χ4n) is 2.24. The topological polar surface area (TPSA) is 49.3 Å². The van der Waals surface area contributed by atoms with Gasteiger partial charge in [0.05, 0.1) is 16.7 Å². The van der Waals surface area contributed by atoms with Crippen LogP contribution in [0.5, 0.6) is 0 Å². The predicted octanol–water partition coefficient (Wildman–Crippen LogP) is 3.74. The minimum absolute atomic E-state index is 0.217. The van der Waals surface area contributed by atoms with Crippen LogP contribution in [0.4, 0.5) is 0 Å². The molecule has 1 atom stereocenters. The minimum Gasteiger partial charge on any atom is -0.356 e. The van der Waals surface area contributed by atoms with Crippen LogP contribution in [0, 0.1) is 0 Å². The first-order valence-electron chi connectivity index (χ1n) is 8.06. The summed E-state index contributed by atoms with van der Waals surface area (Å²) in [5.41, 5.74) is 2.40. The highest BCUT2D eigenvalue weighted by Gasteiger charge is 2.08. The largest absolute Gasteiger partial charge is 0.356 e. The van der Waals surface area contributed by atoms with Crippen molar-refractivity contribution in [2.75, 3.05) is 13.6 Å². The summed E-state index contributed by atoms with van der Waals surface area (Å²) in [6.45, 7) is 7.31. The van der Waals surface area contributed by atoms with E-state index in [2.05, 4.69) is 71.0 Å². The molecule has 23 heavy (non-hydrogen) atoms. The molecule has 0 fully saturated rings. The fourth-order valence-corrected chi connectivity index (χ4v) is 3.11. The van der Waals surface area contributed by atoms with E-state index in [1.54, 1.807) is 18.4 Å². The van der Waals surface area contributed by atoms with Crippen LogP contribution < -0.4 is 10.6 Å². The van der Waals surface area contributed by atoms with Crippen molar-refractivity contribution in [1.29, 1.82) is 0 Å². The van der Waals surface area contributed by atoms with Crippen molar-refractivity contribution in [2.45, 2.75) is 39.2 Å². The number of hydrogen-bond acceptors (Lipinski definition) is 3. The van der Waals surface area contributed by atoms with Gasteiger partial charge in [0, 0.05) is 31.3 Å². The first kappa shape index (κ1) is 17.5. The van der Waals surface area contributed by atoms with Crippen LogP contribution in [0.1, 0.15) is 49.0 Å². The summed E-state index contributed by atoms with van der Waals surface area (Å²) in [6, 6.07) is 10.6. The number of aromatic nitrogens is 1. The number of rotatable bonds is 6. The van der Waals surface area contributed by atoms with Gasteiger partial charge < -0.3 is 10.6 Å². The molecule has 0 aliphatic rings. The van der Waals surface area contributed by atoms with Crippen LogP contribution >= 0.6 is 11.3 Å². The summed E-state index contributed by atoms with van der Waals surface area (Å²) < 4.78 is 0. The van der Waals surface area contributed by atoms with Crippen molar-refractivity contribution in [1.82, 2.24) is 15.6 Å². The van der Waals surface area contributed by atoms with Crippen molar-refractivity contribution >= 4 is 17.3 Å². The Bertz CT molecular complexity index is 619. The summed E-state index contributed by atoms with van der Waals surface area (Å²) in [6.07, 6.45) is 0.906. The molecule has 1 aromatic heterocycles. The van der Waals surface area contributed by atoms with Gasteiger partial charge in [-0.1, -0.05) is 44.2 Å². The second kappa shape index (κ2) is 8.67. The Kier molecular flexibility index (Phi) is 6.59. The van der Waals surface area contributed by atoms with E-state index in [1.807, 2.05) is 6.07 Å². The van der Waals surface area contributed by atoms with Crippen LogP contribution in [-0.4, -0.2) is 24.5 Å². The fraction of sp³-hybridized carbons (Fsp3) is 0.444. The first-order valence-corrected chi connectivity index (χ1v) is 8.94. The molecule has 0 amide bonds. The van der Waals surface area contributed by atoms with E-state index >= 15 is 0 Å². The highest BCUT2D eigenvalue weighted by atomic mass is 32.1. The van der Waals surface area contributed by atoms with Gasteiger partial charge in [0.1, 0.15) is 0 Å². The standard InChI is InChI=1S/C18H26N4S/c1-13(2)17-22-16(12-23-17)10-11-20-18(19-4)21-14(3)15-8-6-5-7-9-15/h5-9,12-14H,10-11H2,1-4H3,(H2,19,20,21). The molecule has 2 N–H and O–H groups in total. The van der Waals surface area contributed by atoms with Gasteiger partial charge in [0.15, 0.2) is 5.96 Å². The highest BCUT2D eigenvalue weighted by molar-refractivity contribution is 7.09. The molecule has 1 unspecified atom stereocenters. The normalized spacial score (nSPS) is 13.2. The molecule has 5 heteroatoms.